The number of rotatable bonds is 3. The number of thiophene rings is 1. The van der Waals surface area contributed by atoms with Crippen molar-refractivity contribution in [3.63, 3.8) is 0 Å². The van der Waals surface area contributed by atoms with Gasteiger partial charge < -0.3 is 10.2 Å². The average Bonchev–Trinajstić information content (AvgIpc) is 2.97. The smallest absolute Gasteiger partial charge is 0.256 e. The Bertz CT molecular complexity index is 764. The predicted molar refractivity (Wildman–Crippen MR) is 99.0 cm³/mol. The van der Waals surface area contributed by atoms with Crippen LogP contribution in [0, 0.1) is 5.92 Å². The third-order valence-electron chi connectivity index (χ3n) is 4.63. The van der Waals surface area contributed by atoms with Crippen LogP contribution in [0.15, 0.2) is 29.6 Å². The highest BCUT2D eigenvalue weighted by atomic mass is 32.1. The lowest BCUT2D eigenvalue weighted by molar-refractivity contribution is -0.116. The van der Waals surface area contributed by atoms with Crippen molar-refractivity contribution in [2.75, 3.05) is 17.3 Å². The van der Waals surface area contributed by atoms with Crippen molar-refractivity contribution in [3.8, 4) is 0 Å². The Kier molecular flexibility index (Phi) is 4.71. The zero-order valence-electron chi connectivity index (χ0n) is 14.3. The van der Waals surface area contributed by atoms with E-state index in [9.17, 15) is 9.59 Å². The molecule has 1 aromatic carbocycles. The van der Waals surface area contributed by atoms with Crippen LogP contribution in [0.1, 0.15) is 41.1 Å². The number of hydrogen-bond acceptors (Lipinski definition) is 3. The Balaban J connectivity index is 1.73. The number of nitrogens with zero attached hydrogens (tertiary/aromatic N) is 1. The first-order valence-electron chi connectivity index (χ1n) is 8.20. The number of hydrogen-bond donors (Lipinski definition) is 1. The van der Waals surface area contributed by atoms with Gasteiger partial charge in [0.15, 0.2) is 0 Å². The van der Waals surface area contributed by atoms with Crippen molar-refractivity contribution in [1.29, 1.82) is 0 Å². The number of benzene rings is 1. The molecule has 0 fully saturated rings. The van der Waals surface area contributed by atoms with Crippen molar-refractivity contribution in [2.45, 2.75) is 33.1 Å². The van der Waals surface area contributed by atoms with E-state index in [4.69, 9.17) is 0 Å². The number of carbonyl (C=O) groups excluding carboxylic acids is 2. The van der Waals surface area contributed by atoms with Gasteiger partial charge in [-0.2, -0.15) is 0 Å². The van der Waals surface area contributed by atoms with Crippen LogP contribution in [0.5, 0.6) is 0 Å². The molecule has 1 N–H and O–H groups in total. The maximum absolute atomic E-state index is 12.6. The summed E-state index contributed by atoms with van der Waals surface area (Å²) in [6.45, 7) is 3.79. The zero-order chi connectivity index (χ0) is 17.3. The molecule has 0 saturated carbocycles. The van der Waals surface area contributed by atoms with Gasteiger partial charge in [-0.3, -0.25) is 9.59 Å². The molecule has 1 heterocycles. The van der Waals surface area contributed by atoms with Crippen LogP contribution in [0.4, 0.5) is 11.4 Å². The molecule has 24 heavy (non-hydrogen) atoms. The van der Waals surface area contributed by atoms with Crippen LogP contribution in [-0.2, 0) is 17.6 Å². The van der Waals surface area contributed by atoms with Gasteiger partial charge in [-0.15, -0.1) is 11.3 Å². The number of carbonyl (C=O) groups is 2. The molecule has 4 nitrogen and oxygen atoms in total. The molecule has 3 rings (SSSR count). The van der Waals surface area contributed by atoms with Crippen LogP contribution >= 0.6 is 11.3 Å². The predicted octanol–water partition coefficient (Wildman–Crippen LogP) is 4.11. The lowest BCUT2D eigenvalue weighted by Gasteiger charge is -2.19. The van der Waals surface area contributed by atoms with E-state index in [-0.39, 0.29) is 11.8 Å². The molecule has 0 aliphatic heterocycles. The standard InChI is InChI=1S/C19H22N2O2S/c1-12-4-9-16-17(11-24-18(16)10-12)19(23)20-14-5-7-15(8-6-14)21(3)13(2)22/h5-8,11-12H,4,9-10H2,1-3H3,(H,20,23)/t12-/m0/s1. The minimum atomic E-state index is -0.0466. The summed E-state index contributed by atoms with van der Waals surface area (Å²) in [5.41, 5.74) is 3.59. The van der Waals surface area contributed by atoms with E-state index >= 15 is 0 Å². The molecule has 2 aromatic rings. The van der Waals surface area contributed by atoms with Crippen molar-refractivity contribution in [3.05, 3.63) is 45.6 Å². The maximum atomic E-state index is 12.6. The van der Waals surface area contributed by atoms with Gasteiger partial charge in [-0.25, -0.2) is 0 Å². The van der Waals surface area contributed by atoms with E-state index in [1.54, 1.807) is 23.3 Å². The third-order valence-corrected chi connectivity index (χ3v) is 5.68. The van der Waals surface area contributed by atoms with Crippen LogP contribution < -0.4 is 10.2 Å². The Labute approximate surface area is 146 Å². The molecule has 2 amide bonds. The quantitative estimate of drug-likeness (QED) is 0.912. The first-order chi connectivity index (χ1) is 11.5. The SMILES string of the molecule is CC(=O)N(C)c1ccc(NC(=O)c2csc3c2CC[C@H](C)C3)cc1. The summed E-state index contributed by atoms with van der Waals surface area (Å²) in [5.74, 6) is 0.638. The first kappa shape index (κ1) is 16.7. The number of amides is 2. The molecule has 1 aliphatic carbocycles. The molecule has 0 spiro atoms. The van der Waals surface area contributed by atoms with Gasteiger partial charge in [0.25, 0.3) is 5.91 Å². The van der Waals surface area contributed by atoms with Gasteiger partial charge >= 0.3 is 0 Å². The molecule has 1 aliphatic rings. The Morgan fingerprint density at radius 1 is 1.25 bits per heavy atom. The summed E-state index contributed by atoms with van der Waals surface area (Å²) in [4.78, 5) is 26.9. The fourth-order valence-electron chi connectivity index (χ4n) is 3.02. The van der Waals surface area contributed by atoms with Crippen LogP contribution in [0.3, 0.4) is 0 Å². The minimum absolute atomic E-state index is 0.0223. The largest absolute Gasteiger partial charge is 0.322 e. The van der Waals surface area contributed by atoms with E-state index in [0.29, 0.717) is 5.92 Å². The molecular formula is C19H22N2O2S. The van der Waals surface area contributed by atoms with Crippen LogP contribution in [-0.4, -0.2) is 18.9 Å². The molecule has 0 radical (unpaired) electrons. The zero-order valence-corrected chi connectivity index (χ0v) is 15.1. The molecule has 1 aromatic heterocycles. The maximum Gasteiger partial charge on any atom is 0.256 e. The second-order valence-corrected chi connectivity index (χ2v) is 7.44. The van der Waals surface area contributed by atoms with Gasteiger partial charge in [0.1, 0.15) is 0 Å². The molecule has 0 bridgehead atoms. The number of fused-ring (bicyclic) bond motifs is 1. The van der Waals surface area contributed by atoms with Gasteiger partial charge in [0, 0.05) is 35.6 Å². The highest BCUT2D eigenvalue weighted by molar-refractivity contribution is 7.10. The molecule has 126 valence electrons. The lowest BCUT2D eigenvalue weighted by atomic mass is 9.88. The second-order valence-electron chi connectivity index (χ2n) is 6.48. The normalized spacial score (nSPS) is 16.4. The molecule has 5 heteroatoms. The van der Waals surface area contributed by atoms with Crippen molar-refractivity contribution in [1.82, 2.24) is 0 Å². The molecule has 0 unspecified atom stereocenters. The summed E-state index contributed by atoms with van der Waals surface area (Å²) >= 11 is 1.70. The van der Waals surface area contributed by atoms with E-state index in [1.807, 2.05) is 29.6 Å². The summed E-state index contributed by atoms with van der Waals surface area (Å²) in [5, 5.41) is 4.95. The van der Waals surface area contributed by atoms with Crippen LogP contribution in [0.2, 0.25) is 0 Å². The first-order valence-corrected chi connectivity index (χ1v) is 9.08. The third kappa shape index (κ3) is 3.36. The summed E-state index contributed by atoms with van der Waals surface area (Å²) in [6.07, 6.45) is 3.22. The van der Waals surface area contributed by atoms with E-state index in [0.717, 1.165) is 36.2 Å². The van der Waals surface area contributed by atoms with Crippen molar-refractivity contribution < 1.29 is 9.59 Å². The van der Waals surface area contributed by atoms with Crippen LogP contribution in [0.25, 0.3) is 0 Å². The van der Waals surface area contributed by atoms with E-state index < -0.39 is 0 Å². The highest BCUT2D eigenvalue weighted by Crippen LogP contribution is 2.33. The fourth-order valence-corrected chi connectivity index (χ4v) is 4.26. The van der Waals surface area contributed by atoms with E-state index in [1.165, 1.54) is 17.4 Å². The highest BCUT2D eigenvalue weighted by Gasteiger charge is 2.23. The molecule has 0 saturated heterocycles. The monoisotopic (exact) mass is 342 g/mol. The van der Waals surface area contributed by atoms with Gasteiger partial charge in [-0.1, -0.05) is 6.92 Å². The minimum Gasteiger partial charge on any atom is -0.322 e. The lowest BCUT2D eigenvalue weighted by Crippen LogP contribution is -2.22. The van der Waals surface area contributed by atoms with Gasteiger partial charge in [0.2, 0.25) is 5.91 Å². The topological polar surface area (TPSA) is 49.4 Å². The number of nitrogens with one attached hydrogen (secondary N) is 1. The van der Waals surface area contributed by atoms with E-state index in [2.05, 4.69) is 12.2 Å². The van der Waals surface area contributed by atoms with Crippen molar-refractivity contribution >= 4 is 34.5 Å². The average molecular weight is 342 g/mol. The van der Waals surface area contributed by atoms with Crippen molar-refractivity contribution in [2.24, 2.45) is 5.92 Å². The Hall–Kier alpha value is -2.14. The Morgan fingerprint density at radius 2 is 1.96 bits per heavy atom. The van der Waals surface area contributed by atoms with Gasteiger partial charge in [0.05, 0.1) is 5.56 Å². The molecular weight excluding hydrogens is 320 g/mol. The fraction of sp³-hybridized carbons (Fsp3) is 0.368. The summed E-state index contributed by atoms with van der Waals surface area (Å²) in [6, 6.07) is 7.32. The number of anilines is 2. The Morgan fingerprint density at radius 3 is 2.62 bits per heavy atom. The molecule has 1 atom stereocenters. The van der Waals surface area contributed by atoms with Gasteiger partial charge in [-0.05, 0) is 55.0 Å². The second kappa shape index (κ2) is 6.77. The summed E-state index contributed by atoms with van der Waals surface area (Å²) < 4.78 is 0. The summed E-state index contributed by atoms with van der Waals surface area (Å²) in [7, 11) is 1.73.